The molecule has 0 amide bonds. The summed E-state index contributed by atoms with van der Waals surface area (Å²) >= 11 is 0. The number of pyridine rings is 1. The largest absolute Gasteiger partial charge is 0.480 e. The number of aliphatic imine (C=N–C) groups is 1. The van der Waals surface area contributed by atoms with Crippen LogP contribution in [0.2, 0.25) is 0 Å². The van der Waals surface area contributed by atoms with Crippen LogP contribution in [0.25, 0.3) is 11.4 Å². The zero-order chi connectivity index (χ0) is 17.5. The smallest absolute Gasteiger partial charge is 0.326 e. The van der Waals surface area contributed by atoms with Crippen molar-refractivity contribution < 1.29 is 19.4 Å². The summed E-state index contributed by atoms with van der Waals surface area (Å²) in [7, 11) is 0. The third-order valence-electron chi connectivity index (χ3n) is 2.81. The van der Waals surface area contributed by atoms with Gasteiger partial charge in [0.1, 0.15) is 0 Å². The molecule has 2 rings (SSSR count). The molecular weight excluding hydrogens is 312 g/mol. The van der Waals surface area contributed by atoms with E-state index < -0.39 is 24.0 Å². The van der Waals surface area contributed by atoms with Crippen molar-refractivity contribution in [1.82, 2.24) is 15.0 Å². The topological polar surface area (TPSA) is 115 Å². The summed E-state index contributed by atoms with van der Waals surface area (Å²) in [5.74, 6) is -3.05. The molecule has 0 aliphatic heterocycles. The lowest BCUT2D eigenvalue weighted by Crippen LogP contribution is -2.29. The van der Waals surface area contributed by atoms with Crippen LogP contribution in [-0.2, 0) is 14.3 Å². The highest BCUT2D eigenvalue weighted by molar-refractivity contribution is 6.08. The fourth-order valence-corrected chi connectivity index (χ4v) is 1.74. The molecule has 0 aromatic carbocycles. The van der Waals surface area contributed by atoms with E-state index in [1.54, 1.807) is 38.4 Å². The monoisotopic (exact) mass is 328 g/mol. The fraction of sp³-hybridized carbons (Fsp3) is 0.250. The highest BCUT2D eigenvalue weighted by Crippen LogP contribution is 2.16. The molecule has 0 radical (unpaired) electrons. The Labute approximate surface area is 138 Å². The zero-order valence-corrected chi connectivity index (χ0v) is 13.2. The van der Waals surface area contributed by atoms with Crippen LogP contribution in [0, 0.1) is 5.92 Å². The molecule has 8 heteroatoms. The summed E-state index contributed by atoms with van der Waals surface area (Å²) in [6, 6.07) is 4.99. The number of carbonyl (C=O) groups excluding carboxylic acids is 1. The van der Waals surface area contributed by atoms with Crippen molar-refractivity contribution in [2.75, 3.05) is 0 Å². The predicted molar refractivity (Wildman–Crippen MR) is 85.8 cm³/mol. The molecule has 0 bridgehead atoms. The summed E-state index contributed by atoms with van der Waals surface area (Å²) in [6.07, 6.45) is 5.31. The number of ether oxygens (including phenoxy) is 1. The number of carboxylic acid groups (broad SMARTS) is 1. The molecule has 1 N–H and O–H groups in total. The van der Waals surface area contributed by atoms with Gasteiger partial charge in [-0.3, -0.25) is 14.6 Å². The number of esters is 1. The van der Waals surface area contributed by atoms with Crippen molar-refractivity contribution in [3.8, 4) is 11.4 Å². The summed E-state index contributed by atoms with van der Waals surface area (Å²) in [5.41, 5.74) is 0.746. The Morgan fingerprint density at radius 2 is 1.92 bits per heavy atom. The third-order valence-corrected chi connectivity index (χ3v) is 2.81. The van der Waals surface area contributed by atoms with Gasteiger partial charge >= 0.3 is 11.9 Å². The first-order valence-corrected chi connectivity index (χ1v) is 7.18. The molecule has 0 fully saturated rings. The second kappa shape index (κ2) is 7.91. The molecule has 0 aliphatic rings. The van der Waals surface area contributed by atoms with Crippen LogP contribution in [-0.4, -0.2) is 44.3 Å². The second-order valence-electron chi connectivity index (χ2n) is 5.05. The number of nitrogens with zero attached hydrogens (tertiary/aromatic N) is 4. The lowest BCUT2D eigenvalue weighted by molar-refractivity contribution is -0.157. The van der Waals surface area contributed by atoms with E-state index in [4.69, 9.17) is 9.84 Å². The third kappa shape index (κ3) is 4.67. The maximum absolute atomic E-state index is 11.8. The first-order chi connectivity index (χ1) is 11.5. The van der Waals surface area contributed by atoms with E-state index in [1.165, 1.54) is 12.3 Å². The predicted octanol–water partition coefficient (Wildman–Crippen LogP) is 1.89. The van der Waals surface area contributed by atoms with Gasteiger partial charge < -0.3 is 9.84 Å². The quantitative estimate of drug-likeness (QED) is 0.489. The molecule has 124 valence electrons. The van der Waals surface area contributed by atoms with E-state index >= 15 is 0 Å². The standard InChI is InChI=1S/C16H16N4O4/c1-10(2)24-16(23)12(15(21)22)9-19-13-5-8-18-14(20-13)11-3-6-17-7-4-11/h3-10,12H,1-2H3,(H,21,22). The van der Waals surface area contributed by atoms with Gasteiger partial charge in [0.25, 0.3) is 0 Å². The van der Waals surface area contributed by atoms with Crippen molar-refractivity contribution >= 4 is 24.0 Å². The Morgan fingerprint density at radius 3 is 2.54 bits per heavy atom. The Hall–Kier alpha value is -3.16. The number of hydrogen-bond acceptors (Lipinski definition) is 7. The van der Waals surface area contributed by atoms with E-state index in [2.05, 4.69) is 19.9 Å². The van der Waals surface area contributed by atoms with Gasteiger partial charge in [-0.1, -0.05) is 0 Å². The Morgan fingerprint density at radius 1 is 1.21 bits per heavy atom. The average Bonchev–Trinajstić information content (AvgIpc) is 2.55. The minimum atomic E-state index is -1.49. The van der Waals surface area contributed by atoms with Crippen molar-refractivity contribution in [1.29, 1.82) is 0 Å². The Bertz CT molecular complexity index is 747. The summed E-state index contributed by atoms with van der Waals surface area (Å²) in [6.45, 7) is 3.28. The van der Waals surface area contributed by atoms with Gasteiger partial charge in [-0.25, -0.2) is 15.0 Å². The van der Waals surface area contributed by atoms with Crippen molar-refractivity contribution in [3.05, 3.63) is 36.8 Å². The minimum absolute atomic E-state index is 0.236. The lowest BCUT2D eigenvalue weighted by atomic mass is 10.2. The van der Waals surface area contributed by atoms with E-state index in [1.807, 2.05) is 0 Å². The Kier molecular flexibility index (Phi) is 5.67. The SMILES string of the molecule is CC(C)OC(=O)C(C=Nc1ccnc(-c2ccncc2)n1)C(=O)O. The molecule has 0 spiro atoms. The number of aliphatic carboxylic acids is 1. The minimum Gasteiger partial charge on any atom is -0.480 e. The molecule has 0 saturated heterocycles. The van der Waals surface area contributed by atoms with Crippen molar-refractivity contribution in [2.45, 2.75) is 20.0 Å². The van der Waals surface area contributed by atoms with Gasteiger partial charge in [0.15, 0.2) is 17.6 Å². The summed E-state index contributed by atoms with van der Waals surface area (Å²) in [5, 5.41) is 9.14. The maximum Gasteiger partial charge on any atom is 0.326 e. The maximum atomic E-state index is 11.8. The van der Waals surface area contributed by atoms with Crippen LogP contribution >= 0.6 is 0 Å². The van der Waals surface area contributed by atoms with Crippen LogP contribution in [0.1, 0.15) is 13.8 Å². The zero-order valence-electron chi connectivity index (χ0n) is 13.2. The van der Waals surface area contributed by atoms with E-state index in [0.29, 0.717) is 5.82 Å². The number of hydrogen-bond donors (Lipinski definition) is 1. The summed E-state index contributed by atoms with van der Waals surface area (Å²) in [4.78, 5) is 39.2. The van der Waals surface area contributed by atoms with Gasteiger partial charge in [-0.05, 0) is 26.0 Å². The van der Waals surface area contributed by atoms with Gasteiger partial charge in [0, 0.05) is 36.4 Å². The highest BCUT2D eigenvalue weighted by Gasteiger charge is 2.26. The van der Waals surface area contributed by atoms with Crippen LogP contribution < -0.4 is 0 Å². The normalized spacial score (nSPS) is 12.3. The molecule has 2 aromatic heterocycles. The first kappa shape index (κ1) is 17.2. The van der Waals surface area contributed by atoms with Gasteiger partial charge in [0.05, 0.1) is 6.10 Å². The second-order valence-corrected chi connectivity index (χ2v) is 5.05. The molecule has 1 unspecified atom stereocenters. The molecule has 2 aromatic rings. The average molecular weight is 328 g/mol. The van der Waals surface area contributed by atoms with E-state index in [9.17, 15) is 9.59 Å². The van der Waals surface area contributed by atoms with Crippen LogP contribution in [0.5, 0.6) is 0 Å². The number of carbonyl (C=O) groups is 2. The van der Waals surface area contributed by atoms with Gasteiger partial charge in [-0.15, -0.1) is 0 Å². The van der Waals surface area contributed by atoms with E-state index in [-0.39, 0.29) is 5.82 Å². The molecule has 8 nitrogen and oxygen atoms in total. The molecule has 2 heterocycles. The number of aromatic nitrogens is 3. The van der Waals surface area contributed by atoms with Crippen molar-refractivity contribution in [2.24, 2.45) is 10.9 Å². The van der Waals surface area contributed by atoms with E-state index in [0.717, 1.165) is 11.8 Å². The summed E-state index contributed by atoms with van der Waals surface area (Å²) < 4.78 is 4.90. The molecule has 1 atom stereocenters. The van der Waals surface area contributed by atoms with Crippen LogP contribution in [0.15, 0.2) is 41.8 Å². The molecular formula is C16H16N4O4. The van der Waals surface area contributed by atoms with Crippen molar-refractivity contribution in [3.63, 3.8) is 0 Å². The number of rotatable bonds is 6. The lowest BCUT2D eigenvalue weighted by Gasteiger charge is -2.10. The molecule has 24 heavy (non-hydrogen) atoms. The fourth-order valence-electron chi connectivity index (χ4n) is 1.74. The van der Waals surface area contributed by atoms with Crippen LogP contribution in [0.4, 0.5) is 5.82 Å². The molecule has 0 saturated carbocycles. The Balaban J connectivity index is 2.21. The first-order valence-electron chi connectivity index (χ1n) is 7.18. The highest BCUT2D eigenvalue weighted by atomic mass is 16.5. The number of carboxylic acids is 1. The van der Waals surface area contributed by atoms with Crippen LogP contribution in [0.3, 0.4) is 0 Å². The molecule has 0 aliphatic carbocycles. The van der Waals surface area contributed by atoms with Gasteiger partial charge in [-0.2, -0.15) is 0 Å². The van der Waals surface area contributed by atoms with Gasteiger partial charge in [0.2, 0.25) is 0 Å².